The summed E-state index contributed by atoms with van der Waals surface area (Å²) in [5, 5.41) is 28.8. The number of amides is 1. The van der Waals surface area contributed by atoms with E-state index in [0.29, 0.717) is 74.3 Å². The fourth-order valence-corrected chi connectivity index (χ4v) is 21.4. The third-order valence-corrected chi connectivity index (χ3v) is 24.7. The number of rotatable bonds is 5. The van der Waals surface area contributed by atoms with Crippen molar-refractivity contribution in [2.75, 3.05) is 18.8 Å². The number of fused-ring (bicyclic) bond motifs is 11. The van der Waals surface area contributed by atoms with Gasteiger partial charge in [0, 0.05) is 78.9 Å². The molecule has 1 amide bonds. The number of benzene rings is 3. The number of ether oxygens (including phenoxy) is 2. The molecule has 0 radical (unpaired) electrons. The Morgan fingerprint density at radius 2 is 1.70 bits per heavy atom. The SMILES string of the molecule is CC(=O)OC12CCc3cc(c(O)c4c3C3C=CC5(CCCC5C3)O4)CN3CC4(CC3=O)C(CCC4c3ccccc3)CN=C(N)NC3(CCCC34CCCC4)SSCC(CCc3ccccc3)CCCC(CC1)C(O)C2. The van der Waals surface area contributed by atoms with E-state index in [0.717, 1.165) is 100 Å². The molecule has 6 aliphatic carbocycles. The second-order valence-electron chi connectivity index (χ2n) is 25.6. The van der Waals surface area contributed by atoms with Crippen LogP contribution in [0.4, 0.5) is 0 Å². The Morgan fingerprint density at radius 1 is 0.895 bits per heavy atom. The van der Waals surface area contributed by atoms with Gasteiger partial charge in [0.15, 0.2) is 17.5 Å². The lowest BCUT2D eigenvalue weighted by Gasteiger charge is -2.44. The number of aromatic hydroxyl groups is 1. The third-order valence-electron chi connectivity index (χ3n) is 21.4. The zero-order valence-corrected chi connectivity index (χ0v) is 46.8. The quantitative estimate of drug-likeness (QED) is 0.111. The van der Waals surface area contributed by atoms with Crippen molar-refractivity contribution < 1.29 is 29.3 Å². The van der Waals surface area contributed by atoms with E-state index in [9.17, 15) is 19.8 Å². The van der Waals surface area contributed by atoms with Crippen molar-refractivity contribution in [3.8, 4) is 11.5 Å². The summed E-state index contributed by atoms with van der Waals surface area (Å²) in [6.07, 6.45) is 27.2. The van der Waals surface area contributed by atoms with Gasteiger partial charge in [0.2, 0.25) is 5.91 Å². The summed E-state index contributed by atoms with van der Waals surface area (Å²) in [6, 6.07) is 23.9. The summed E-state index contributed by atoms with van der Waals surface area (Å²) < 4.78 is 13.6. The molecule has 12 heteroatoms. The lowest BCUT2D eigenvalue weighted by molar-refractivity contribution is -0.168. The number of nitrogens with zero attached hydrogens (tertiary/aromatic N) is 2. The molecule has 76 heavy (non-hydrogen) atoms. The number of guanidine groups is 1. The fourth-order valence-electron chi connectivity index (χ4n) is 17.4. The molecular formula is C64H84N4O6S2. The molecule has 6 fully saturated rings. The molecule has 408 valence electrons. The number of aliphatic hydroxyl groups excluding tert-OH is 1. The van der Waals surface area contributed by atoms with Crippen LogP contribution in [0, 0.1) is 34.5 Å². The van der Waals surface area contributed by atoms with Gasteiger partial charge in [0.1, 0.15) is 16.1 Å². The number of carbonyl (C=O) groups excluding carboxylic acids is 2. The molecule has 10 nitrogen and oxygen atoms in total. The average Bonchev–Trinajstić information content (AvgIpc) is 4.42. The Hall–Kier alpha value is -4.13. The molecule has 5 saturated carbocycles. The summed E-state index contributed by atoms with van der Waals surface area (Å²) >= 11 is 0. The minimum Gasteiger partial charge on any atom is -0.504 e. The van der Waals surface area contributed by atoms with Crippen molar-refractivity contribution >= 4 is 39.4 Å². The molecule has 3 aromatic carbocycles. The largest absolute Gasteiger partial charge is 0.504 e. The van der Waals surface area contributed by atoms with Crippen LogP contribution in [0.1, 0.15) is 188 Å². The van der Waals surface area contributed by atoms with Crippen LogP contribution in [0.15, 0.2) is 83.9 Å². The van der Waals surface area contributed by atoms with Crippen molar-refractivity contribution in [1.82, 2.24) is 10.2 Å². The summed E-state index contributed by atoms with van der Waals surface area (Å²) in [7, 11) is 4.10. The molecule has 4 spiro atoms. The van der Waals surface area contributed by atoms with Crippen LogP contribution in [0.5, 0.6) is 11.5 Å². The zero-order valence-electron chi connectivity index (χ0n) is 45.2. The standard InChI is InChI=1S/C64H84N4O6S2/c1-43(69)73-61-32-24-47(54(70)37-61)18-10-15-45(21-20-44-13-4-2-5-14-44)41-75-76-64(31-12-29-60(64)27-8-9-28-60)67-59(65)66-39-52-22-23-53(46-16-6-3-7-17-46)62(52)38-55(71)68(42-62)40-50-35-48(25-33-61)56-49-26-34-63(74-58(56)57(50)72)30-11-19-51(63)36-49/h2-7,13-14,16-17,26,34-35,45,47,49,51-54,70,72H,8-12,15,18-25,27-33,36-42H2,1H3,(H3,65,66,67). The molecule has 3 aromatic rings. The molecule has 5 heterocycles. The number of aliphatic imine (C=N–C) groups is 1. The van der Waals surface area contributed by atoms with E-state index in [-0.39, 0.29) is 63.5 Å². The minimum absolute atomic E-state index is 0.0841. The highest BCUT2D eigenvalue weighted by Crippen LogP contribution is 2.64. The number of nitrogens with one attached hydrogen (secondary N) is 1. The third kappa shape index (κ3) is 9.91. The second kappa shape index (κ2) is 21.5. The summed E-state index contributed by atoms with van der Waals surface area (Å²) in [6.45, 7) is 2.91. The van der Waals surface area contributed by atoms with Crippen LogP contribution < -0.4 is 15.8 Å². The number of hydrogen-bond donors (Lipinski definition) is 4. The van der Waals surface area contributed by atoms with Crippen LogP contribution in [0.2, 0.25) is 0 Å². The number of aliphatic hydroxyl groups is 1. The summed E-state index contributed by atoms with van der Waals surface area (Å²) in [4.78, 5) is 35.1. The van der Waals surface area contributed by atoms with Gasteiger partial charge in [-0.1, -0.05) is 108 Å². The molecule has 1 saturated heterocycles. The van der Waals surface area contributed by atoms with E-state index in [1.165, 1.54) is 56.6 Å². The van der Waals surface area contributed by atoms with Crippen LogP contribution >= 0.6 is 21.6 Å². The van der Waals surface area contributed by atoms with Gasteiger partial charge >= 0.3 is 5.97 Å². The van der Waals surface area contributed by atoms with E-state index < -0.39 is 17.3 Å². The van der Waals surface area contributed by atoms with Gasteiger partial charge in [-0.15, -0.1) is 0 Å². The van der Waals surface area contributed by atoms with Crippen LogP contribution in [-0.2, 0) is 33.7 Å². The number of phenols is 1. The monoisotopic (exact) mass is 1070 g/mol. The van der Waals surface area contributed by atoms with Crippen molar-refractivity contribution in [1.29, 1.82) is 0 Å². The lowest BCUT2D eigenvalue weighted by atomic mass is 9.68. The van der Waals surface area contributed by atoms with E-state index in [1.54, 1.807) is 0 Å². The summed E-state index contributed by atoms with van der Waals surface area (Å²) in [5.74, 6) is 3.54. The molecular weight excluding hydrogens is 985 g/mol. The molecule has 0 aromatic heterocycles. The molecule has 5 aliphatic heterocycles. The molecule has 11 unspecified atom stereocenters. The molecule has 14 rings (SSSR count). The Balaban J connectivity index is 0.906. The molecule has 11 atom stereocenters. The van der Waals surface area contributed by atoms with Gasteiger partial charge in [0.05, 0.1) is 6.10 Å². The number of hydrogen-bond acceptors (Lipinski definition) is 11. The van der Waals surface area contributed by atoms with Gasteiger partial charge in [-0.25, -0.2) is 0 Å². The first-order valence-electron chi connectivity index (χ1n) is 29.8. The highest BCUT2D eigenvalue weighted by Gasteiger charge is 2.59. The van der Waals surface area contributed by atoms with E-state index in [1.807, 2.05) is 15.7 Å². The van der Waals surface area contributed by atoms with Gasteiger partial charge in [-0.3, -0.25) is 14.6 Å². The van der Waals surface area contributed by atoms with Crippen molar-refractivity contribution in [3.05, 3.63) is 107 Å². The zero-order chi connectivity index (χ0) is 52.1. The number of aryl methyl sites for hydroxylation is 2. The number of esters is 1. The van der Waals surface area contributed by atoms with Crippen molar-refractivity contribution in [2.45, 2.75) is 202 Å². The normalized spacial score (nSPS) is 36.3. The number of nitrogens with two attached hydrogens (primary N) is 1. The van der Waals surface area contributed by atoms with Crippen molar-refractivity contribution in [3.63, 3.8) is 0 Å². The Morgan fingerprint density at radius 3 is 2.50 bits per heavy atom. The van der Waals surface area contributed by atoms with Crippen LogP contribution in [-0.4, -0.2) is 74.0 Å². The predicted octanol–water partition coefficient (Wildman–Crippen LogP) is 12.8. The number of carbonyl (C=O) groups is 2. The Bertz CT molecular complexity index is 2660. The summed E-state index contributed by atoms with van der Waals surface area (Å²) in [5.41, 5.74) is 11.2. The molecule has 8 bridgehead atoms. The predicted molar refractivity (Wildman–Crippen MR) is 305 cm³/mol. The average molecular weight is 1070 g/mol. The Kier molecular flexibility index (Phi) is 14.9. The second-order valence-corrected chi connectivity index (χ2v) is 28.2. The van der Waals surface area contributed by atoms with Gasteiger partial charge < -0.3 is 35.6 Å². The first-order valence-corrected chi connectivity index (χ1v) is 32.1. The highest BCUT2D eigenvalue weighted by molar-refractivity contribution is 8.77. The van der Waals surface area contributed by atoms with Crippen LogP contribution in [0.25, 0.3) is 0 Å². The first kappa shape index (κ1) is 52.6. The van der Waals surface area contributed by atoms with E-state index in [2.05, 4.69) is 95.0 Å². The fraction of sp³-hybridized carbons (Fsp3) is 0.641. The Labute approximate surface area is 460 Å². The lowest BCUT2D eigenvalue weighted by Crippen LogP contribution is -2.55. The van der Waals surface area contributed by atoms with E-state index >= 15 is 0 Å². The first-order chi connectivity index (χ1) is 36.9. The maximum atomic E-state index is 14.9. The number of allylic oxidation sites excluding steroid dienone is 1. The van der Waals surface area contributed by atoms with Crippen molar-refractivity contribution in [2.24, 2.45) is 45.2 Å². The van der Waals surface area contributed by atoms with Gasteiger partial charge in [-0.2, -0.15) is 0 Å². The maximum Gasteiger partial charge on any atom is 0.303 e. The molecule has 11 aliphatic rings. The number of phenolic OH excluding ortho intramolecular Hbond substituents is 1. The van der Waals surface area contributed by atoms with Gasteiger partial charge in [-0.05, 0) is 174 Å². The smallest absolute Gasteiger partial charge is 0.303 e. The van der Waals surface area contributed by atoms with Crippen LogP contribution in [0.3, 0.4) is 0 Å². The van der Waals surface area contributed by atoms with Gasteiger partial charge in [0.25, 0.3) is 0 Å². The highest BCUT2D eigenvalue weighted by atomic mass is 33.1. The minimum atomic E-state index is -0.813. The van der Waals surface area contributed by atoms with E-state index in [4.69, 9.17) is 20.2 Å². The topological polar surface area (TPSA) is 147 Å². The maximum absolute atomic E-state index is 14.9. The molecule has 5 N–H and O–H groups in total.